The van der Waals surface area contributed by atoms with E-state index in [1.165, 1.54) is 5.56 Å². The van der Waals surface area contributed by atoms with E-state index in [1.807, 2.05) is 18.2 Å². The first kappa shape index (κ1) is 14.0. The quantitative estimate of drug-likeness (QED) is 0.872. The van der Waals surface area contributed by atoms with E-state index >= 15 is 0 Å². The Morgan fingerprint density at radius 1 is 1.36 bits per heavy atom. The van der Waals surface area contributed by atoms with Gasteiger partial charge in [0.25, 0.3) is 0 Å². The maximum Gasteiger partial charge on any atom is 0.318 e. The molecule has 1 aromatic carbocycles. The lowest BCUT2D eigenvalue weighted by atomic mass is 9.93. The molecule has 4 unspecified atom stereocenters. The predicted molar refractivity (Wildman–Crippen MR) is 81.5 cm³/mol. The summed E-state index contributed by atoms with van der Waals surface area (Å²) in [5, 5.41) is 12.9. The fourth-order valence-electron chi connectivity index (χ4n) is 4.12. The highest BCUT2D eigenvalue weighted by atomic mass is 16.5. The van der Waals surface area contributed by atoms with Gasteiger partial charge in [-0.25, -0.2) is 4.79 Å². The van der Waals surface area contributed by atoms with E-state index in [0.717, 1.165) is 31.2 Å². The largest absolute Gasteiger partial charge is 0.394 e. The van der Waals surface area contributed by atoms with Crippen molar-refractivity contribution in [2.24, 2.45) is 0 Å². The van der Waals surface area contributed by atoms with Gasteiger partial charge in [-0.05, 0) is 36.8 Å². The second-order valence-electron chi connectivity index (χ2n) is 6.51. The lowest BCUT2D eigenvalue weighted by Gasteiger charge is -2.37. The van der Waals surface area contributed by atoms with Crippen LogP contribution < -0.4 is 5.32 Å². The standard InChI is InChI=1S/C17H22N2O3/c20-10-15-13-4-2-1-3-11(13)7-8-19(15)17(21)18-14-9-12-5-6-16(14)22-12/h1-4,12,14-16,20H,5-10H2,(H,18,21). The monoisotopic (exact) mass is 302 g/mol. The van der Waals surface area contributed by atoms with Crippen LogP contribution >= 0.6 is 0 Å². The van der Waals surface area contributed by atoms with Gasteiger partial charge in [-0.15, -0.1) is 0 Å². The number of carbonyl (C=O) groups excluding carboxylic acids is 1. The molecule has 4 atom stereocenters. The Morgan fingerprint density at radius 3 is 2.95 bits per heavy atom. The van der Waals surface area contributed by atoms with Gasteiger partial charge in [-0.3, -0.25) is 0 Å². The Morgan fingerprint density at radius 2 is 2.23 bits per heavy atom. The number of ether oxygens (including phenoxy) is 1. The summed E-state index contributed by atoms with van der Waals surface area (Å²) < 4.78 is 5.80. The van der Waals surface area contributed by atoms with E-state index in [2.05, 4.69) is 11.4 Å². The first-order valence-corrected chi connectivity index (χ1v) is 8.17. The maximum atomic E-state index is 12.7. The summed E-state index contributed by atoms with van der Waals surface area (Å²) in [6.45, 7) is 0.605. The fraction of sp³-hybridized carbons (Fsp3) is 0.588. The summed E-state index contributed by atoms with van der Waals surface area (Å²) in [5.74, 6) is 0. The second kappa shape index (κ2) is 5.56. The van der Waals surface area contributed by atoms with Crippen molar-refractivity contribution >= 4 is 6.03 Å². The highest BCUT2D eigenvalue weighted by molar-refractivity contribution is 5.75. The minimum Gasteiger partial charge on any atom is -0.394 e. The van der Waals surface area contributed by atoms with Crippen LogP contribution in [-0.4, -0.2) is 47.4 Å². The zero-order chi connectivity index (χ0) is 15.1. The summed E-state index contributed by atoms with van der Waals surface area (Å²) in [6.07, 6.45) is 4.43. The zero-order valence-electron chi connectivity index (χ0n) is 12.6. The number of nitrogens with zero attached hydrogens (tertiary/aromatic N) is 1. The summed E-state index contributed by atoms with van der Waals surface area (Å²) in [5.41, 5.74) is 2.30. The SMILES string of the molecule is O=C(NC1CC2CCC1O2)N1CCc2ccccc2C1CO. The molecule has 5 nitrogen and oxygen atoms in total. The molecule has 2 amide bonds. The molecule has 0 radical (unpaired) electrons. The van der Waals surface area contributed by atoms with Crippen molar-refractivity contribution in [1.82, 2.24) is 10.2 Å². The molecule has 118 valence electrons. The van der Waals surface area contributed by atoms with Crippen molar-refractivity contribution in [3.05, 3.63) is 35.4 Å². The van der Waals surface area contributed by atoms with Crippen molar-refractivity contribution < 1.29 is 14.6 Å². The Balaban J connectivity index is 1.49. The van der Waals surface area contributed by atoms with Gasteiger partial charge in [0.2, 0.25) is 0 Å². The predicted octanol–water partition coefficient (Wildman–Crippen LogP) is 1.61. The number of fused-ring (bicyclic) bond motifs is 3. The number of rotatable bonds is 2. The summed E-state index contributed by atoms with van der Waals surface area (Å²) in [7, 11) is 0. The average Bonchev–Trinajstić information content (AvgIpc) is 3.16. The number of aliphatic hydroxyl groups is 1. The van der Waals surface area contributed by atoms with E-state index in [0.29, 0.717) is 12.6 Å². The summed E-state index contributed by atoms with van der Waals surface area (Å²) >= 11 is 0. The third kappa shape index (κ3) is 2.29. The number of hydrogen-bond acceptors (Lipinski definition) is 3. The van der Waals surface area contributed by atoms with Crippen LogP contribution in [0.15, 0.2) is 24.3 Å². The molecule has 3 heterocycles. The van der Waals surface area contributed by atoms with Gasteiger partial charge in [0, 0.05) is 6.54 Å². The van der Waals surface area contributed by atoms with Crippen LogP contribution in [0.3, 0.4) is 0 Å². The number of amides is 2. The molecule has 2 saturated heterocycles. The van der Waals surface area contributed by atoms with E-state index < -0.39 is 0 Å². The van der Waals surface area contributed by atoms with Gasteiger partial charge < -0.3 is 20.1 Å². The van der Waals surface area contributed by atoms with Crippen LogP contribution in [0.25, 0.3) is 0 Å². The van der Waals surface area contributed by atoms with Crippen LogP contribution in [0.1, 0.15) is 36.4 Å². The highest BCUT2D eigenvalue weighted by Gasteiger charge is 2.42. The van der Waals surface area contributed by atoms with Crippen LogP contribution in [-0.2, 0) is 11.2 Å². The van der Waals surface area contributed by atoms with Crippen LogP contribution in [0.4, 0.5) is 4.79 Å². The van der Waals surface area contributed by atoms with E-state index in [9.17, 15) is 9.90 Å². The number of nitrogens with one attached hydrogen (secondary N) is 1. The summed E-state index contributed by atoms with van der Waals surface area (Å²) in [6, 6.07) is 7.87. The first-order valence-electron chi connectivity index (χ1n) is 8.17. The van der Waals surface area contributed by atoms with Crippen molar-refractivity contribution in [2.45, 2.75) is 50.0 Å². The topological polar surface area (TPSA) is 61.8 Å². The average molecular weight is 302 g/mol. The molecule has 1 aromatic rings. The first-order chi connectivity index (χ1) is 10.8. The molecule has 4 rings (SSSR count). The van der Waals surface area contributed by atoms with Crippen molar-refractivity contribution in [1.29, 1.82) is 0 Å². The third-order valence-electron chi connectivity index (χ3n) is 5.26. The molecule has 0 spiro atoms. The molecule has 3 aliphatic rings. The minimum absolute atomic E-state index is 0.0440. The van der Waals surface area contributed by atoms with Gasteiger partial charge in [0.05, 0.1) is 30.9 Å². The Bertz CT molecular complexity index is 577. The van der Waals surface area contributed by atoms with Gasteiger partial charge in [-0.2, -0.15) is 0 Å². The number of urea groups is 1. The fourth-order valence-corrected chi connectivity index (χ4v) is 4.12. The summed E-state index contributed by atoms with van der Waals surface area (Å²) in [4.78, 5) is 14.4. The minimum atomic E-state index is -0.246. The van der Waals surface area contributed by atoms with E-state index in [1.54, 1.807) is 4.90 Å². The molecule has 5 heteroatoms. The van der Waals surface area contributed by atoms with Gasteiger partial charge in [0.15, 0.2) is 0 Å². The molecule has 2 bridgehead atoms. The molecule has 2 N–H and O–H groups in total. The molecular weight excluding hydrogens is 280 g/mol. The Labute approximate surface area is 130 Å². The number of hydrogen-bond donors (Lipinski definition) is 2. The molecule has 0 aliphatic carbocycles. The van der Waals surface area contributed by atoms with Crippen molar-refractivity contribution in [3.8, 4) is 0 Å². The number of carbonyl (C=O) groups is 1. The molecule has 22 heavy (non-hydrogen) atoms. The molecule has 3 aliphatic heterocycles. The third-order valence-corrected chi connectivity index (χ3v) is 5.26. The Kier molecular flexibility index (Phi) is 3.54. The van der Waals surface area contributed by atoms with Crippen LogP contribution in [0, 0.1) is 0 Å². The molecule has 2 fully saturated rings. The smallest absolute Gasteiger partial charge is 0.318 e. The lowest BCUT2D eigenvalue weighted by Crippen LogP contribution is -2.51. The van der Waals surface area contributed by atoms with Crippen LogP contribution in [0.5, 0.6) is 0 Å². The zero-order valence-corrected chi connectivity index (χ0v) is 12.6. The van der Waals surface area contributed by atoms with Gasteiger partial charge in [0.1, 0.15) is 0 Å². The van der Waals surface area contributed by atoms with Crippen molar-refractivity contribution in [3.63, 3.8) is 0 Å². The normalized spacial score (nSPS) is 32.9. The number of benzene rings is 1. The lowest BCUT2D eigenvalue weighted by molar-refractivity contribution is 0.0936. The number of aliphatic hydroxyl groups excluding tert-OH is 1. The maximum absolute atomic E-state index is 12.7. The second-order valence-corrected chi connectivity index (χ2v) is 6.51. The van der Waals surface area contributed by atoms with E-state index in [4.69, 9.17) is 4.74 Å². The highest BCUT2D eigenvalue weighted by Crippen LogP contribution is 2.35. The van der Waals surface area contributed by atoms with Crippen molar-refractivity contribution in [2.75, 3.05) is 13.2 Å². The van der Waals surface area contributed by atoms with Crippen LogP contribution in [0.2, 0.25) is 0 Å². The van der Waals surface area contributed by atoms with Gasteiger partial charge in [-0.1, -0.05) is 24.3 Å². The molecule has 0 saturated carbocycles. The Hall–Kier alpha value is -1.59. The molecule has 0 aromatic heterocycles. The van der Waals surface area contributed by atoms with E-state index in [-0.39, 0.29) is 30.8 Å². The van der Waals surface area contributed by atoms with Gasteiger partial charge >= 0.3 is 6.03 Å². The molecular formula is C17H22N2O3.